The fraction of sp³-hybridized carbons (Fsp3) is 0.750. The minimum atomic E-state index is -1.70. The summed E-state index contributed by atoms with van der Waals surface area (Å²) in [5.41, 5.74) is 0.0356. The van der Waals surface area contributed by atoms with Gasteiger partial charge in [0.2, 0.25) is 0 Å². The van der Waals surface area contributed by atoms with Gasteiger partial charge in [0.15, 0.2) is 0 Å². The molecule has 0 heterocycles. The molecule has 6 nitrogen and oxygen atoms in total. The molecule has 0 spiro atoms. The third-order valence-corrected chi connectivity index (χ3v) is 1.25. The Hall–Kier alpha value is -1.46. The first kappa shape index (κ1) is 12.5. The number of rotatable bonds is 2. The summed E-state index contributed by atoms with van der Waals surface area (Å²) in [4.78, 5) is 27.7. The zero-order valence-electron chi connectivity index (χ0n) is 8.40. The minimum Gasteiger partial charge on any atom is -0.447 e. The molecule has 0 aliphatic rings. The number of carboxylic acid groups (broad SMARTS) is 1. The Labute approximate surface area is 81.7 Å². The van der Waals surface area contributed by atoms with Gasteiger partial charge in [0.25, 0.3) is 0 Å². The largest absolute Gasteiger partial charge is 0.549 e. The van der Waals surface area contributed by atoms with Crippen molar-refractivity contribution in [3.05, 3.63) is 0 Å². The van der Waals surface area contributed by atoms with Gasteiger partial charge in [-0.25, -0.2) is 9.68 Å². The molecule has 82 valence electrons. The Morgan fingerprint density at radius 2 is 1.79 bits per heavy atom. The second kappa shape index (κ2) is 5.31. The SMILES string of the molecule is CC(C)(C)CCOC(=O)OOC(=O)O. The van der Waals surface area contributed by atoms with Gasteiger partial charge in [-0.15, -0.1) is 0 Å². The van der Waals surface area contributed by atoms with E-state index in [2.05, 4.69) is 14.5 Å². The smallest absolute Gasteiger partial charge is 0.447 e. The van der Waals surface area contributed by atoms with Gasteiger partial charge in [-0.2, -0.15) is 9.68 Å². The van der Waals surface area contributed by atoms with Crippen LogP contribution in [0.15, 0.2) is 0 Å². The minimum absolute atomic E-state index is 0.0356. The maximum Gasteiger partial charge on any atom is 0.549 e. The van der Waals surface area contributed by atoms with Crippen molar-refractivity contribution in [1.82, 2.24) is 0 Å². The van der Waals surface area contributed by atoms with Crippen LogP contribution in [-0.2, 0) is 14.5 Å². The summed E-state index contributed by atoms with van der Waals surface area (Å²) >= 11 is 0. The van der Waals surface area contributed by atoms with Gasteiger partial charge in [0.05, 0.1) is 6.61 Å². The van der Waals surface area contributed by atoms with E-state index in [9.17, 15) is 9.59 Å². The highest BCUT2D eigenvalue weighted by Crippen LogP contribution is 2.17. The normalized spacial score (nSPS) is 10.5. The van der Waals surface area contributed by atoms with E-state index in [1.807, 2.05) is 20.8 Å². The average molecular weight is 206 g/mol. The molecule has 0 fully saturated rings. The van der Waals surface area contributed by atoms with Gasteiger partial charge >= 0.3 is 12.3 Å². The number of hydrogen-bond donors (Lipinski definition) is 1. The first-order chi connectivity index (χ1) is 6.31. The first-order valence-corrected chi connectivity index (χ1v) is 4.05. The molecule has 0 aromatic rings. The van der Waals surface area contributed by atoms with Crippen LogP contribution < -0.4 is 0 Å². The van der Waals surface area contributed by atoms with Crippen molar-refractivity contribution in [2.45, 2.75) is 27.2 Å². The van der Waals surface area contributed by atoms with E-state index < -0.39 is 12.3 Å². The van der Waals surface area contributed by atoms with Crippen LogP contribution in [0.3, 0.4) is 0 Å². The van der Waals surface area contributed by atoms with Crippen LogP contribution in [0.4, 0.5) is 9.59 Å². The highest BCUT2D eigenvalue weighted by molar-refractivity contribution is 5.62. The Balaban J connectivity index is 3.50. The molecular weight excluding hydrogens is 192 g/mol. The van der Waals surface area contributed by atoms with Crippen LogP contribution in [0.5, 0.6) is 0 Å². The summed E-state index contributed by atoms with van der Waals surface area (Å²) in [6, 6.07) is 0. The van der Waals surface area contributed by atoms with E-state index >= 15 is 0 Å². The second-order valence-electron chi connectivity index (χ2n) is 3.84. The van der Waals surface area contributed by atoms with Crippen molar-refractivity contribution >= 4 is 12.3 Å². The summed E-state index contributed by atoms with van der Waals surface area (Å²) in [5.74, 6) is 0. The molecule has 0 unspecified atom stereocenters. The summed E-state index contributed by atoms with van der Waals surface area (Å²) in [6.07, 6.45) is -2.20. The van der Waals surface area contributed by atoms with E-state index in [0.717, 1.165) is 0 Å². The monoisotopic (exact) mass is 206 g/mol. The standard InChI is InChI=1S/C8H14O6/c1-8(2,3)4-5-12-7(11)14-13-6(9)10/h4-5H2,1-3H3,(H,9,10). The molecule has 0 rings (SSSR count). The summed E-state index contributed by atoms with van der Waals surface area (Å²) in [7, 11) is 0. The van der Waals surface area contributed by atoms with Crippen molar-refractivity contribution in [2.75, 3.05) is 6.61 Å². The van der Waals surface area contributed by atoms with Gasteiger partial charge in [-0.05, 0) is 11.8 Å². The van der Waals surface area contributed by atoms with Gasteiger partial charge < -0.3 is 9.84 Å². The maximum absolute atomic E-state index is 10.6. The van der Waals surface area contributed by atoms with Crippen LogP contribution in [0.1, 0.15) is 27.2 Å². The zero-order chi connectivity index (χ0) is 11.2. The fourth-order valence-corrected chi connectivity index (χ4v) is 0.534. The van der Waals surface area contributed by atoms with E-state index in [1.54, 1.807) is 0 Å². The number of carbonyl (C=O) groups is 2. The molecule has 0 saturated heterocycles. The number of ether oxygens (including phenoxy) is 1. The third kappa shape index (κ3) is 8.63. The van der Waals surface area contributed by atoms with Crippen LogP contribution in [0.2, 0.25) is 0 Å². The molecule has 14 heavy (non-hydrogen) atoms. The maximum atomic E-state index is 10.6. The van der Waals surface area contributed by atoms with Gasteiger partial charge in [0.1, 0.15) is 0 Å². The Morgan fingerprint density at radius 3 is 2.21 bits per heavy atom. The summed E-state index contributed by atoms with van der Waals surface area (Å²) in [6.45, 7) is 6.10. The molecule has 0 amide bonds. The van der Waals surface area contributed by atoms with E-state index in [0.29, 0.717) is 6.42 Å². The molecule has 0 saturated carbocycles. The van der Waals surface area contributed by atoms with Crippen molar-refractivity contribution in [2.24, 2.45) is 5.41 Å². The molecule has 0 radical (unpaired) electrons. The van der Waals surface area contributed by atoms with Gasteiger partial charge in [-0.3, -0.25) is 0 Å². The summed E-state index contributed by atoms with van der Waals surface area (Å²) < 4.78 is 4.52. The molecule has 6 heteroatoms. The highest BCUT2D eigenvalue weighted by atomic mass is 17.3. The molecule has 0 aromatic heterocycles. The van der Waals surface area contributed by atoms with E-state index in [1.165, 1.54) is 0 Å². The third-order valence-electron chi connectivity index (χ3n) is 1.25. The lowest BCUT2D eigenvalue weighted by molar-refractivity contribution is -0.213. The summed E-state index contributed by atoms with van der Waals surface area (Å²) in [5, 5.41) is 7.96. The van der Waals surface area contributed by atoms with Crippen molar-refractivity contribution in [3.8, 4) is 0 Å². The predicted molar refractivity (Wildman–Crippen MR) is 45.6 cm³/mol. The Bertz CT molecular complexity index is 204. The Kier molecular flexibility index (Phi) is 4.76. The molecule has 0 aromatic carbocycles. The zero-order valence-corrected chi connectivity index (χ0v) is 8.40. The topological polar surface area (TPSA) is 82.1 Å². The molecule has 0 atom stereocenters. The van der Waals surface area contributed by atoms with Crippen LogP contribution in [0.25, 0.3) is 0 Å². The van der Waals surface area contributed by atoms with Crippen molar-refractivity contribution < 1.29 is 29.2 Å². The quantitative estimate of drug-likeness (QED) is 0.423. The second-order valence-corrected chi connectivity index (χ2v) is 3.84. The van der Waals surface area contributed by atoms with Crippen molar-refractivity contribution in [3.63, 3.8) is 0 Å². The van der Waals surface area contributed by atoms with Gasteiger partial charge in [0, 0.05) is 0 Å². The van der Waals surface area contributed by atoms with Crippen LogP contribution >= 0.6 is 0 Å². The average Bonchev–Trinajstić information content (AvgIpc) is 1.98. The lowest BCUT2D eigenvalue weighted by atomic mass is 9.93. The first-order valence-electron chi connectivity index (χ1n) is 4.05. The lowest BCUT2D eigenvalue weighted by Crippen LogP contribution is -2.15. The predicted octanol–water partition coefficient (Wildman–Crippen LogP) is 2.19. The number of hydrogen-bond acceptors (Lipinski definition) is 5. The molecule has 0 aliphatic carbocycles. The lowest BCUT2D eigenvalue weighted by Gasteiger charge is -2.16. The van der Waals surface area contributed by atoms with Gasteiger partial charge in [-0.1, -0.05) is 20.8 Å². The number of carbonyl (C=O) groups excluding carboxylic acids is 1. The highest BCUT2D eigenvalue weighted by Gasteiger charge is 2.13. The molecule has 0 aliphatic heterocycles. The van der Waals surface area contributed by atoms with Crippen LogP contribution in [-0.4, -0.2) is 24.0 Å². The molecule has 1 N–H and O–H groups in total. The molecule has 0 bridgehead atoms. The van der Waals surface area contributed by atoms with E-state index in [-0.39, 0.29) is 12.0 Å². The Morgan fingerprint density at radius 1 is 1.21 bits per heavy atom. The fourth-order valence-electron chi connectivity index (χ4n) is 0.534. The van der Waals surface area contributed by atoms with Crippen molar-refractivity contribution in [1.29, 1.82) is 0 Å². The molecular formula is C8H14O6. The van der Waals surface area contributed by atoms with E-state index in [4.69, 9.17) is 5.11 Å². The van der Waals surface area contributed by atoms with Crippen LogP contribution in [0, 0.1) is 5.41 Å².